The van der Waals surface area contributed by atoms with E-state index in [2.05, 4.69) is 9.72 Å². The number of ether oxygens (including phenoxy) is 1. The second-order valence-corrected chi connectivity index (χ2v) is 9.44. The fraction of sp³-hybridized carbons (Fsp3) is 0.167. The van der Waals surface area contributed by atoms with Gasteiger partial charge in [0.15, 0.2) is 0 Å². The second kappa shape index (κ2) is 9.54. The third kappa shape index (κ3) is 4.45. The van der Waals surface area contributed by atoms with Gasteiger partial charge in [0.1, 0.15) is 6.04 Å². The number of nitrogens with zero attached hydrogens (tertiary/aromatic N) is 3. The Balaban J connectivity index is 1.70. The molecule has 1 saturated heterocycles. The number of aromatic nitrogens is 1. The molecule has 0 N–H and O–H groups in total. The summed E-state index contributed by atoms with van der Waals surface area (Å²) in [5, 5.41) is 0. The summed E-state index contributed by atoms with van der Waals surface area (Å²) in [7, 11) is -2.87. The fourth-order valence-electron chi connectivity index (χ4n) is 3.74. The summed E-state index contributed by atoms with van der Waals surface area (Å²) in [6, 6.07) is 15.6. The molecule has 174 valence electrons. The van der Waals surface area contributed by atoms with Gasteiger partial charge in [0.05, 0.1) is 29.7 Å². The molecule has 2 heterocycles. The molecule has 1 atom stereocenters. The fourth-order valence-corrected chi connectivity index (χ4v) is 5.33. The van der Waals surface area contributed by atoms with Crippen LogP contribution in [0.4, 0.5) is 5.69 Å². The van der Waals surface area contributed by atoms with Crippen LogP contribution in [0.25, 0.3) is 0 Å². The van der Waals surface area contributed by atoms with Gasteiger partial charge in [-0.25, -0.2) is 18.1 Å². The smallest absolute Gasteiger partial charge is 0.337 e. The van der Waals surface area contributed by atoms with Gasteiger partial charge in [-0.3, -0.25) is 14.6 Å². The first-order valence-electron chi connectivity index (χ1n) is 10.3. The lowest BCUT2D eigenvalue weighted by Crippen LogP contribution is -2.45. The lowest BCUT2D eigenvalue weighted by molar-refractivity contribution is -0.122. The number of rotatable bonds is 7. The Labute approximate surface area is 196 Å². The van der Waals surface area contributed by atoms with Crippen molar-refractivity contribution in [2.24, 2.45) is 0 Å². The standard InChI is InChI=1S/C24H21N3O6S/c1-33-24(30)18-9-11-19(12-10-18)27-22(28)14-21(23(27)29)26(16-17-6-5-13-25-15-17)34(31,32)20-7-3-2-4-8-20/h2-13,15,21H,14,16H2,1H3. The van der Waals surface area contributed by atoms with Gasteiger partial charge < -0.3 is 4.74 Å². The molecule has 4 rings (SSSR count). The molecule has 0 radical (unpaired) electrons. The largest absolute Gasteiger partial charge is 0.465 e. The van der Waals surface area contributed by atoms with Crippen LogP contribution in [-0.2, 0) is 30.9 Å². The first kappa shape index (κ1) is 23.3. The van der Waals surface area contributed by atoms with Crippen LogP contribution in [0.15, 0.2) is 84.0 Å². The van der Waals surface area contributed by atoms with E-state index in [0.717, 1.165) is 9.21 Å². The number of amides is 2. The highest BCUT2D eigenvalue weighted by Gasteiger charge is 2.47. The van der Waals surface area contributed by atoms with E-state index in [9.17, 15) is 22.8 Å². The van der Waals surface area contributed by atoms with Gasteiger partial charge >= 0.3 is 5.97 Å². The molecule has 1 unspecified atom stereocenters. The number of carbonyl (C=O) groups is 3. The number of benzene rings is 2. The van der Waals surface area contributed by atoms with Crippen LogP contribution in [-0.4, -0.2) is 48.6 Å². The third-order valence-corrected chi connectivity index (χ3v) is 7.30. The number of imide groups is 1. The van der Waals surface area contributed by atoms with Crippen molar-refractivity contribution in [1.29, 1.82) is 0 Å². The van der Waals surface area contributed by atoms with Crippen molar-refractivity contribution in [2.75, 3.05) is 12.0 Å². The van der Waals surface area contributed by atoms with Gasteiger partial charge in [0.2, 0.25) is 15.9 Å². The number of carbonyl (C=O) groups excluding carboxylic acids is 3. The molecule has 0 aliphatic carbocycles. The lowest BCUT2D eigenvalue weighted by atomic mass is 10.2. The maximum atomic E-state index is 13.5. The summed E-state index contributed by atoms with van der Waals surface area (Å²) in [5.41, 5.74) is 1.07. The minimum Gasteiger partial charge on any atom is -0.465 e. The summed E-state index contributed by atoms with van der Waals surface area (Å²) in [6.45, 7) is -0.135. The van der Waals surface area contributed by atoms with Crippen molar-refractivity contribution in [3.8, 4) is 0 Å². The van der Waals surface area contributed by atoms with E-state index in [0.29, 0.717) is 5.56 Å². The van der Waals surface area contributed by atoms with Crippen LogP contribution in [0.3, 0.4) is 0 Å². The van der Waals surface area contributed by atoms with E-state index in [1.165, 1.54) is 49.7 Å². The number of esters is 1. The molecule has 10 heteroatoms. The van der Waals surface area contributed by atoms with Gasteiger partial charge in [0, 0.05) is 18.9 Å². The maximum Gasteiger partial charge on any atom is 0.337 e. The number of anilines is 1. The van der Waals surface area contributed by atoms with E-state index >= 15 is 0 Å². The van der Waals surface area contributed by atoms with Crippen LogP contribution >= 0.6 is 0 Å². The number of hydrogen-bond acceptors (Lipinski definition) is 7. The Morgan fingerprint density at radius 3 is 2.38 bits per heavy atom. The van der Waals surface area contributed by atoms with Crippen LogP contribution in [0.5, 0.6) is 0 Å². The molecule has 1 aliphatic rings. The first-order valence-corrected chi connectivity index (χ1v) is 11.8. The molecule has 0 bridgehead atoms. The highest BCUT2D eigenvalue weighted by atomic mass is 32.2. The molecule has 0 spiro atoms. The quantitative estimate of drug-likeness (QED) is 0.378. The number of hydrogen-bond donors (Lipinski definition) is 0. The second-order valence-electron chi connectivity index (χ2n) is 7.55. The van der Waals surface area contributed by atoms with Crippen molar-refractivity contribution in [3.63, 3.8) is 0 Å². The van der Waals surface area contributed by atoms with E-state index in [1.54, 1.807) is 36.5 Å². The van der Waals surface area contributed by atoms with E-state index < -0.39 is 33.8 Å². The molecular formula is C24H21N3O6S. The third-order valence-electron chi connectivity index (χ3n) is 5.43. The van der Waals surface area contributed by atoms with Crippen molar-refractivity contribution >= 4 is 33.5 Å². The Morgan fingerprint density at radius 2 is 1.76 bits per heavy atom. The SMILES string of the molecule is COC(=O)c1ccc(N2C(=O)CC(N(Cc3cccnc3)S(=O)(=O)c3ccccc3)C2=O)cc1. The van der Waals surface area contributed by atoms with Gasteiger partial charge in [-0.1, -0.05) is 24.3 Å². The monoisotopic (exact) mass is 479 g/mol. The molecule has 2 amide bonds. The Hall–Kier alpha value is -3.89. The van der Waals surface area contributed by atoms with E-state index in [4.69, 9.17) is 0 Å². The lowest BCUT2D eigenvalue weighted by Gasteiger charge is -2.27. The Kier molecular flexibility index (Phi) is 6.53. The maximum absolute atomic E-state index is 13.5. The molecule has 1 fully saturated rings. The Morgan fingerprint density at radius 1 is 1.06 bits per heavy atom. The highest BCUT2D eigenvalue weighted by Crippen LogP contribution is 2.30. The van der Waals surface area contributed by atoms with Gasteiger partial charge in [-0.2, -0.15) is 4.31 Å². The molecule has 3 aromatic rings. The first-order chi connectivity index (χ1) is 16.3. The van der Waals surface area contributed by atoms with Crippen molar-refractivity contribution in [1.82, 2.24) is 9.29 Å². The zero-order chi connectivity index (χ0) is 24.3. The topological polar surface area (TPSA) is 114 Å². The van der Waals surface area contributed by atoms with Crippen molar-refractivity contribution < 1.29 is 27.5 Å². The molecule has 1 aromatic heterocycles. The summed E-state index contributed by atoms with van der Waals surface area (Å²) in [6.07, 6.45) is 2.76. The number of sulfonamides is 1. The molecule has 1 aliphatic heterocycles. The average molecular weight is 480 g/mol. The number of pyridine rings is 1. The van der Waals surface area contributed by atoms with Gasteiger partial charge in [0.25, 0.3) is 5.91 Å². The highest BCUT2D eigenvalue weighted by molar-refractivity contribution is 7.89. The van der Waals surface area contributed by atoms with Crippen LogP contribution in [0, 0.1) is 0 Å². The normalized spacial score (nSPS) is 16.2. The molecule has 0 saturated carbocycles. The van der Waals surface area contributed by atoms with Crippen LogP contribution in [0.2, 0.25) is 0 Å². The van der Waals surface area contributed by atoms with Gasteiger partial charge in [-0.15, -0.1) is 0 Å². The Bertz CT molecular complexity index is 1310. The minimum absolute atomic E-state index is 0.0139. The zero-order valence-corrected chi connectivity index (χ0v) is 19.0. The molecule has 34 heavy (non-hydrogen) atoms. The summed E-state index contributed by atoms with van der Waals surface area (Å²) >= 11 is 0. The molecule has 2 aromatic carbocycles. The molecule has 9 nitrogen and oxygen atoms in total. The van der Waals surface area contributed by atoms with Crippen LogP contribution < -0.4 is 4.90 Å². The van der Waals surface area contributed by atoms with Crippen LogP contribution in [0.1, 0.15) is 22.3 Å². The van der Waals surface area contributed by atoms with E-state index in [1.807, 2.05) is 0 Å². The summed E-state index contributed by atoms with van der Waals surface area (Å²) < 4.78 is 32.8. The van der Waals surface area contributed by atoms with Gasteiger partial charge in [-0.05, 0) is 48.0 Å². The summed E-state index contributed by atoms with van der Waals surface area (Å²) in [5.74, 6) is -1.76. The predicted molar refractivity (Wildman–Crippen MR) is 122 cm³/mol. The number of methoxy groups -OCH3 is 1. The van der Waals surface area contributed by atoms with Crippen molar-refractivity contribution in [2.45, 2.75) is 23.9 Å². The summed E-state index contributed by atoms with van der Waals surface area (Å²) in [4.78, 5) is 42.9. The van der Waals surface area contributed by atoms with Crippen molar-refractivity contribution in [3.05, 3.63) is 90.3 Å². The predicted octanol–water partition coefficient (Wildman–Crippen LogP) is 2.39. The zero-order valence-electron chi connectivity index (χ0n) is 18.2. The average Bonchev–Trinajstić information content (AvgIpc) is 3.16. The molecular weight excluding hydrogens is 458 g/mol. The van der Waals surface area contributed by atoms with E-state index in [-0.39, 0.29) is 29.1 Å². The minimum atomic E-state index is -4.12.